The molecule has 0 aliphatic heterocycles. The third-order valence-corrected chi connectivity index (χ3v) is 2.96. The fourth-order valence-corrected chi connectivity index (χ4v) is 2.00. The van der Waals surface area contributed by atoms with Crippen molar-refractivity contribution in [2.45, 2.75) is 6.61 Å². The lowest BCUT2D eigenvalue weighted by Gasteiger charge is -2.00. The second-order valence-electron chi connectivity index (χ2n) is 4.40. The molecule has 0 fully saturated rings. The van der Waals surface area contributed by atoms with Crippen LogP contribution < -0.4 is 0 Å². The summed E-state index contributed by atoms with van der Waals surface area (Å²) in [5.41, 5.74) is 2.75. The first kappa shape index (κ1) is 12.6. The Morgan fingerprint density at radius 2 is 2.20 bits per heavy atom. The molecule has 3 rings (SSSR count). The van der Waals surface area contributed by atoms with Gasteiger partial charge >= 0.3 is 0 Å². The van der Waals surface area contributed by atoms with Crippen LogP contribution in [0.3, 0.4) is 0 Å². The Labute approximate surface area is 116 Å². The zero-order valence-electron chi connectivity index (χ0n) is 11.3. The van der Waals surface area contributed by atoms with E-state index in [1.165, 1.54) is 0 Å². The van der Waals surface area contributed by atoms with Crippen LogP contribution in [0.25, 0.3) is 23.0 Å². The molecule has 0 N–H and O–H groups in total. The van der Waals surface area contributed by atoms with Gasteiger partial charge in [0.05, 0.1) is 6.61 Å². The highest BCUT2D eigenvalue weighted by Crippen LogP contribution is 2.22. The smallest absolute Gasteiger partial charge is 0.276 e. The molecule has 0 bridgehead atoms. The molecule has 0 unspecified atom stereocenters. The van der Waals surface area contributed by atoms with E-state index >= 15 is 0 Å². The van der Waals surface area contributed by atoms with Crippen molar-refractivity contribution in [1.82, 2.24) is 19.9 Å². The third kappa shape index (κ3) is 2.33. The molecule has 0 spiro atoms. The van der Waals surface area contributed by atoms with E-state index in [1.54, 1.807) is 18.0 Å². The van der Waals surface area contributed by atoms with Gasteiger partial charge in [0.1, 0.15) is 5.69 Å². The van der Waals surface area contributed by atoms with Gasteiger partial charge in [0.2, 0.25) is 5.82 Å². The average molecular weight is 270 g/mol. The van der Waals surface area contributed by atoms with Crippen LogP contribution in [0.4, 0.5) is 0 Å². The number of methoxy groups -OCH3 is 1. The minimum atomic E-state index is 0.456. The first-order valence-electron chi connectivity index (χ1n) is 6.18. The lowest BCUT2D eigenvalue weighted by molar-refractivity contribution is 0.185. The van der Waals surface area contributed by atoms with Gasteiger partial charge in [-0.2, -0.15) is 10.1 Å². The fraction of sp³-hybridized carbons (Fsp3) is 0.214. The van der Waals surface area contributed by atoms with E-state index < -0.39 is 0 Å². The van der Waals surface area contributed by atoms with Crippen molar-refractivity contribution in [1.29, 1.82) is 0 Å². The third-order valence-electron chi connectivity index (χ3n) is 2.96. The highest BCUT2D eigenvalue weighted by atomic mass is 16.5. The highest BCUT2D eigenvalue weighted by Gasteiger charge is 2.13. The van der Waals surface area contributed by atoms with Crippen LogP contribution in [0.2, 0.25) is 0 Å². The number of ether oxygens (including phenoxy) is 1. The van der Waals surface area contributed by atoms with Gasteiger partial charge < -0.3 is 9.26 Å². The molecule has 0 amide bonds. The minimum Gasteiger partial charge on any atom is -0.380 e. The summed E-state index contributed by atoms with van der Waals surface area (Å²) >= 11 is 0. The summed E-state index contributed by atoms with van der Waals surface area (Å²) < 4.78 is 12.1. The first-order valence-corrected chi connectivity index (χ1v) is 6.18. The molecule has 2 heterocycles. The van der Waals surface area contributed by atoms with E-state index in [4.69, 9.17) is 9.26 Å². The van der Waals surface area contributed by atoms with Crippen molar-refractivity contribution in [2.24, 2.45) is 7.05 Å². The molecule has 0 radical (unpaired) electrons. The largest absolute Gasteiger partial charge is 0.380 e. The second-order valence-corrected chi connectivity index (χ2v) is 4.40. The van der Waals surface area contributed by atoms with Crippen LogP contribution in [-0.4, -0.2) is 27.0 Å². The van der Waals surface area contributed by atoms with Crippen LogP contribution >= 0.6 is 0 Å². The van der Waals surface area contributed by atoms with E-state index in [1.807, 2.05) is 37.4 Å². The summed E-state index contributed by atoms with van der Waals surface area (Å²) in [7, 11) is 3.50. The first-order chi connectivity index (χ1) is 9.78. The number of benzene rings is 1. The Bertz CT molecular complexity index is 717. The summed E-state index contributed by atoms with van der Waals surface area (Å²) in [5, 5.41) is 8.10. The number of aryl methyl sites for hydroxylation is 1. The zero-order chi connectivity index (χ0) is 13.9. The lowest BCUT2D eigenvalue weighted by Crippen LogP contribution is -1.93. The molecule has 0 atom stereocenters. The molecule has 2 aromatic heterocycles. The Morgan fingerprint density at radius 1 is 1.30 bits per heavy atom. The summed E-state index contributed by atoms with van der Waals surface area (Å²) in [6, 6.07) is 9.70. The molecule has 3 aromatic rings. The molecule has 20 heavy (non-hydrogen) atoms. The van der Waals surface area contributed by atoms with Crippen LogP contribution in [0.1, 0.15) is 5.56 Å². The van der Waals surface area contributed by atoms with E-state index in [-0.39, 0.29) is 0 Å². The van der Waals surface area contributed by atoms with Crippen molar-refractivity contribution in [3.05, 3.63) is 42.1 Å². The van der Waals surface area contributed by atoms with Gasteiger partial charge in [-0.15, -0.1) is 0 Å². The molecule has 1 aromatic carbocycles. The quantitative estimate of drug-likeness (QED) is 0.727. The number of hydrogen-bond acceptors (Lipinski definition) is 5. The summed E-state index contributed by atoms with van der Waals surface area (Å²) in [4.78, 5) is 4.41. The minimum absolute atomic E-state index is 0.456. The lowest BCUT2D eigenvalue weighted by atomic mass is 10.1. The number of rotatable bonds is 4. The molecule has 6 nitrogen and oxygen atoms in total. The molecular weight excluding hydrogens is 256 g/mol. The molecule has 0 aliphatic carbocycles. The number of hydrogen-bond donors (Lipinski definition) is 0. The van der Waals surface area contributed by atoms with E-state index in [9.17, 15) is 0 Å². The average Bonchev–Trinajstić information content (AvgIpc) is 3.08. The van der Waals surface area contributed by atoms with Gasteiger partial charge in [0, 0.05) is 25.9 Å². The molecule has 0 saturated carbocycles. The van der Waals surface area contributed by atoms with Crippen molar-refractivity contribution in [3.8, 4) is 23.0 Å². The number of nitrogens with zero attached hydrogens (tertiary/aromatic N) is 4. The van der Waals surface area contributed by atoms with Crippen LogP contribution in [0, 0.1) is 0 Å². The van der Waals surface area contributed by atoms with Crippen LogP contribution in [-0.2, 0) is 18.4 Å². The topological polar surface area (TPSA) is 66.0 Å². The van der Waals surface area contributed by atoms with E-state index in [0.29, 0.717) is 18.3 Å². The van der Waals surface area contributed by atoms with Gasteiger partial charge in [-0.25, -0.2) is 0 Å². The Hall–Kier alpha value is -2.47. The summed E-state index contributed by atoms with van der Waals surface area (Å²) in [6.45, 7) is 0.556. The van der Waals surface area contributed by atoms with Crippen LogP contribution in [0.15, 0.2) is 41.1 Å². The molecule has 0 saturated heterocycles. The standard InChI is InChI=1S/C14H14N4O2/c1-18-12(6-7-15-18)14-16-13(17-20-14)11-5-3-4-10(8-11)9-19-2/h3-8H,9H2,1-2H3. The number of aromatic nitrogens is 4. The van der Waals surface area contributed by atoms with Gasteiger partial charge in [-0.1, -0.05) is 23.4 Å². The van der Waals surface area contributed by atoms with Crippen molar-refractivity contribution >= 4 is 0 Å². The van der Waals surface area contributed by atoms with Gasteiger partial charge in [-0.3, -0.25) is 4.68 Å². The van der Waals surface area contributed by atoms with Gasteiger partial charge in [0.15, 0.2) is 0 Å². The molecule has 0 aliphatic rings. The summed E-state index contributed by atoms with van der Waals surface area (Å²) in [5.74, 6) is 1.01. The Balaban J connectivity index is 1.94. The van der Waals surface area contributed by atoms with Crippen LogP contribution in [0.5, 0.6) is 0 Å². The van der Waals surface area contributed by atoms with E-state index in [2.05, 4.69) is 15.2 Å². The maximum atomic E-state index is 5.29. The molecular formula is C14H14N4O2. The Morgan fingerprint density at radius 3 is 2.95 bits per heavy atom. The predicted octanol–water partition coefficient (Wildman–Crippen LogP) is 2.28. The summed E-state index contributed by atoms with van der Waals surface area (Å²) in [6.07, 6.45) is 1.69. The maximum absolute atomic E-state index is 5.29. The van der Waals surface area contributed by atoms with Gasteiger partial charge in [-0.05, 0) is 17.7 Å². The second kappa shape index (κ2) is 5.26. The van der Waals surface area contributed by atoms with Crippen molar-refractivity contribution < 1.29 is 9.26 Å². The normalized spacial score (nSPS) is 10.9. The zero-order valence-corrected chi connectivity index (χ0v) is 11.3. The van der Waals surface area contributed by atoms with E-state index in [0.717, 1.165) is 16.8 Å². The fourth-order valence-electron chi connectivity index (χ4n) is 2.00. The molecule has 6 heteroatoms. The highest BCUT2D eigenvalue weighted by molar-refractivity contribution is 5.58. The monoisotopic (exact) mass is 270 g/mol. The molecule has 102 valence electrons. The van der Waals surface area contributed by atoms with Crippen molar-refractivity contribution in [2.75, 3.05) is 7.11 Å². The van der Waals surface area contributed by atoms with Gasteiger partial charge in [0.25, 0.3) is 5.89 Å². The Kier molecular flexibility index (Phi) is 3.30. The van der Waals surface area contributed by atoms with Crippen molar-refractivity contribution in [3.63, 3.8) is 0 Å². The maximum Gasteiger partial charge on any atom is 0.276 e. The predicted molar refractivity (Wildman–Crippen MR) is 72.6 cm³/mol. The SMILES string of the molecule is COCc1cccc(-c2noc(-c3ccnn3C)n2)c1.